The molecular formula is C34H38O14S2. The molecule has 2 aromatic carbocycles. The van der Waals surface area contributed by atoms with E-state index in [1.54, 1.807) is 52.0 Å². The Kier molecular flexibility index (Phi) is 9.52. The summed E-state index contributed by atoms with van der Waals surface area (Å²) in [6.45, 7) is 8.74. The maximum Gasteiger partial charge on any atom is 0.297 e. The summed E-state index contributed by atoms with van der Waals surface area (Å²) in [5.41, 5.74) is -2.67. The van der Waals surface area contributed by atoms with Crippen LogP contribution in [0.5, 0.6) is 0 Å². The van der Waals surface area contributed by atoms with Gasteiger partial charge in [0, 0.05) is 0 Å². The Morgan fingerprint density at radius 3 is 1.30 bits per heavy atom. The van der Waals surface area contributed by atoms with Gasteiger partial charge in [0.05, 0.1) is 23.0 Å². The molecule has 2 unspecified atom stereocenters. The van der Waals surface area contributed by atoms with Crippen LogP contribution in [-0.2, 0) is 57.0 Å². The van der Waals surface area contributed by atoms with Gasteiger partial charge in [-0.05, 0) is 89.5 Å². The first kappa shape index (κ1) is 36.8. The van der Waals surface area contributed by atoms with Crippen LogP contribution >= 0.6 is 0 Å². The molecule has 0 saturated carbocycles. The average molecular weight is 735 g/mol. The summed E-state index contributed by atoms with van der Waals surface area (Å²) < 4.78 is 96.9. The van der Waals surface area contributed by atoms with Gasteiger partial charge in [-0.1, -0.05) is 35.4 Å². The first-order valence-electron chi connectivity index (χ1n) is 15.7. The lowest BCUT2D eigenvalue weighted by Gasteiger charge is -2.29. The Balaban J connectivity index is 1.25. The van der Waals surface area contributed by atoms with Crippen LogP contribution in [0.4, 0.5) is 0 Å². The third-order valence-corrected chi connectivity index (χ3v) is 11.1. The van der Waals surface area contributed by atoms with Crippen molar-refractivity contribution in [3.63, 3.8) is 0 Å². The standard InChI is InChI=1S/C34H38O14S2/c1-21-9-13-23(14-10-21)49(37,38)41-19-25-33(35,27-29(43-25)47-31(3,4)45-27)17-7-8-18-34(36)26(44-30-28(34)46-32(5,6)48-30)20-42-50(39,40)24-15-11-22(2)12-16-24/h9-16,25-30,35-36H,19-20H2,1-6H3/t25?,26?,27-,28-,29+,30+,33-,34+/m0/s1. The largest absolute Gasteiger partial charge is 0.372 e. The van der Waals surface area contributed by atoms with Gasteiger partial charge in [0.15, 0.2) is 47.6 Å². The van der Waals surface area contributed by atoms with E-state index in [0.29, 0.717) is 0 Å². The fourth-order valence-electron chi connectivity index (χ4n) is 5.90. The van der Waals surface area contributed by atoms with E-state index >= 15 is 0 Å². The summed E-state index contributed by atoms with van der Waals surface area (Å²) in [6.07, 6.45) is -7.36. The second kappa shape index (κ2) is 12.9. The summed E-state index contributed by atoms with van der Waals surface area (Å²) >= 11 is 0. The Hall–Kier alpha value is -2.94. The number of aliphatic hydroxyl groups is 2. The van der Waals surface area contributed by atoms with E-state index in [0.717, 1.165) is 11.1 Å². The van der Waals surface area contributed by atoms with Gasteiger partial charge < -0.3 is 38.6 Å². The summed E-state index contributed by atoms with van der Waals surface area (Å²) in [6, 6.07) is 12.0. The molecule has 0 amide bonds. The van der Waals surface area contributed by atoms with Crippen LogP contribution in [0.1, 0.15) is 38.8 Å². The highest BCUT2D eigenvalue weighted by atomic mass is 32.2. The van der Waals surface area contributed by atoms with Gasteiger partial charge in [0.25, 0.3) is 20.2 Å². The van der Waals surface area contributed by atoms with E-state index in [-0.39, 0.29) is 9.79 Å². The van der Waals surface area contributed by atoms with Gasteiger partial charge >= 0.3 is 0 Å². The second-order valence-corrected chi connectivity index (χ2v) is 16.6. The first-order valence-corrected chi connectivity index (χ1v) is 18.5. The molecule has 8 atom stereocenters. The molecule has 14 nitrogen and oxygen atoms in total. The van der Waals surface area contributed by atoms with Crippen LogP contribution in [0.25, 0.3) is 0 Å². The first-order chi connectivity index (χ1) is 23.2. The lowest BCUT2D eigenvalue weighted by molar-refractivity contribution is -0.225. The molecule has 0 aliphatic carbocycles. The van der Waals surface area contributed by atoms with E-state index < -0.39 is 93.2 Å². The number of aryl methyl sites for hydroxylation is 2. The van der Waals surface area contributed by atoms with Gasteiger partial charge in [-0.2, -0.15) is 16.8 Å². The van der Waals surface area contributed by atoms with Crippen molar-refractivity contribution >= 4 is 20.2 Å². The van der Waals surface area contributed by atoms with Crippen molar-refractivity contribution in [3.05, 3.63) is 59.7 Å². The zero-order valence-corrected chi connectivity index (χ0v) is 29.7. The highest BCUT2D eigenvalue weighted by molar-refractivity contribution is 7.87. The number of ether oxygens (including phenoxy) is 6. The maximum atomic E-state index is 12.9. The minimum atomic E-state index is -4.24. The average Bonchev–Trinajstić information content (AvgIpc) is 3.68. The normalized spacial score (nSPS) is 33.9. The van der Waals surface area contributed by atoms with Crippen molar-refractivity contribution in [1.82, 2.24) is 0 Å². The van der Waals surface area contributed by atoms with E-state index in [9.17, 15) is 27.0 Å². The molecule has 270 valence electrons. The fourth-order valence-corrected chi connectivity index (χ4v) is 7.72. The third kappa shape index (κ3) is 7.22. The van der Waals surface area contributed by atoms with E-state index in [2.05, 4.69) is 23.7 Å². The Morgan fingerprint density at radius 2 is 0.960 bits per heavy atom. The van der Waals surface area contributed by atoms with Gasteiger partial charge in [-0.3, -0.25) is 8.37 Å². The number of rotatable bonds is 8. The van der Waals surface area contributed by atoms with Gasteiger partial charge in [-0.15, -0.1) is 0 Å². The molecule has 16 heteroatoms. The summed E-state index contributed by atoms with van der Waals surface area (Å²) in [5.74, 6) is 7.84. The molecule has 4 heterocycles. The van der Waals surface area contributed by atoms with Crippen LogP contribution in [-0.4, -0.2) is 100 Å². The summed E-state index contributed by atoms with van der Waals surface area (Å²) in [4.78, 5) is -0.181. The predicted octanol–water partition coefficient (Wildman–Crippen LogP) is 1.64. The Morgan fingerprint density at radius 1 is 0.620 bits per heavy atom. The molecule has 0 aromatic heterocycles. The molecule has 50 heavy (non-hydrogen) atoms. The van der Waals surface area contributed by atoms with E-state index in [1.807, 2.05) is 13.8 Å². The van der Waals surface area contributed by atoms with Gasteiger partial charge in [0.2, 0.25) is 0 Å². The molecule has 2 aromatic rings. The van der Waals surface area contributed by atoms with Gasteiger partial charge in [-0.25, -0.2) is 0 Å². The molecule has 0 spiro atoms. The highest BCUT2D eigenvalue weighted by Crippen LogP contribution is 2.44. The molecule has 4 aliphatic rings. The van der Waals surface area contributed by atoms with Crippen LogP contribution in [0.15, 0.2) is 58.3 Å². The van der Waals surface area contributed by atoms with Crippen LogP contribution < -0.4 is 0 Å². The fraction of sp³-hybridized carbons (Fsp3) is 0.529. The summed E-state index contributed by atoms with van der Waals surface area (Å²) in [5, 5.41) is 23.6. The van der Waals surface area contributed by atoms with Crippen molar-refractivity contribution in [3.8, 4) is 23.7 Å². The molecule has 6 rings (SSSR count). The summed E-state index contributed by atoms with van der Waals surface area (Å²) in [7, 11) is -8.48. The number of benzene rings is 2. The topological polar surface area (TPSA) is 183 Å². The van der Waals surface area contributed by atoms with E-state index in [1.165, 1.54) is 24.3 Å². The number of hydrogen-bond acceptors (Lipinski definition) is 14. The molecule has 4 aliphatic heterocycles. The monoisotopic (exact) mass is 734 g/mol. The molecular weight excluding hydrogens is 696 g/mol. The van der Waals surface area contributed by atoms with Crippen molar-refractivity contribution in [2.75, 3.05) is 13.2 Å². The van der Waals surface area contributed by atoms with Crippen molar-refractivity contribution < 1.29 is 63.8 Å². The second-order valence-electron chi connectivity index (χ2n) is 13.4. The zero-order valence-electron chi connectivity index (χ0n) is 28.1. The van der Waals surface area contributed by atoms with Crippen LogP contribution in [0, 0.1) is 37.5 Å². The van der Waals surface area contributed by atoms with Crippen molar-refractivity contribution in [1.29, 1.82) is 0 Å². The lowest BCUT2D eigenvalue weighted by Crippen LogP contribution is -2.50. The van der Waals surface area contributed by atoms with Gasteiger partial charge in [0.1, 0.15) is 12.2 Å². The zero-order chi connectivity index (χ0) is 36.3. The molecule has 4 saturated heterocycles. The Bertz CT molecular complexity index is 1810. The minimum Gasteiger partial charge on any atom is -0.372 e. The molecule has 2 N–H and O–H groups in total. The lowest BCUT2D eigenvalue weighted by atomic mass is 9.92. The van der Waals surface area contributed by atoms with Crippen LogP contribution in [0.3, 0.4) is 0 Å². The van der Waals surface area contributed by atoms with Crippen molar-refractivity contribution in [2.24, 2.45) is 0 Å². The molecule has 0 radical (unpaired) electrons. The maximum absolute atomic E-state index is 12.9. The van der Waals surface area contributed by atoms with Crippen molar-refractivity contribution in [2.45, 2.75) is 111 Å². The number of fused-ring (bicyclic) bond motifs is 2. The van der Waals surface area contributed by atoms with E-state index in [4.69, 9.17) is 36.8 Å². The molecule has 4 fully saturated rings. The molecule has 0 bridgehead atoms. The quantitative estimate of drug-likeness (QED) is 0.295. The number of hydrogen-bond donors (Lipinski definition) is 2. The SMILES string of the molecule is Cc1ccc(S(=O)(=O)OCC2O[C@@H]3OC(C)(C)O[C@@H]3[C@@]2(O)C#CC#C[C@]2(O)C(COS(=O)(=O)c3ccc(C)cc3)O[C@@H]3OC(C)(C)O[C@@H]32)cc1. The third-order valence-electron chi connectivity index (χ3n) is 8.52. The van der Waals surface area contributed by atoms with Crippen LogP contribution in [0.2, 0.25) is 0 Å². The predicted molar refractivity (Wildman–Crippen MR) is 171 cm³/mol. The Labute approximate surface area is 291 Å². The highest BCUT2D eigenvalue weighted by Gasteiger charge is 2.64. The minimum absolute atomic E-state index is 0.0905. The smallest absolute Gasteiger partial charge is 0.297 e.